The summed E-state index contributed by atoms with van der Waals surface area (Å²) in [4.78, 5) is 21.0. The molecule has 1 aromatic carbocycles. The number of benzene rings is 1. The number of rotatable bonds is 6. The summed E-state index contributed by atoms with van der Waals surface area (Å²) in [5, 5.41) is 13.7. The molecule has 1 rings (SSSR count). The van der Waals surface area contributed by atoms with E-state index in [0.29, 0.717) is 0 Å². The van der Waals surface area contributed by atoms with Crippen LogP contribution in [-0.4, -0.2) is 31.8 Å². The lowest BCUT2D eigenvalue weighted by molar-refractivity contribution is -0.386. The van der Waals surface area contributed by atoms with Gasteiger partial charge in [-0.3, -0.25) is 14.9 Å². The molecule has 0 radical (unpaired) electrons. The molecule has 0 bridgehead atoms. The van der Waals surface area contributed by atoms with E-state index >= 15 is 0 Å². The van der Waals surface area contributed by atoms with Crippen LogP contribution in [0.2, 0.25) is 0 Å². The van der Waals surface area contributed by atoms with Crippen LogP contribution < -0.4 is 15.8 Å². The highest BCUT2D eigenvalue weighted by atomic mass is 32.2. The minimum atomic E-state index is -4.30. The van der Waals surface area contributed by atoms with E-state index in [1.165, 1.54) is 33.0 Å². The lowest BCUT2D eigenvalue weighted by atomic mass is 10.1. The lowest BCUT2D eigenvalue weighted by Gasteiger charge is -2.22. The van der Waals surface area contributed by atoms with Gasteiger partial charge in [0.25, 0.3) is 0 Å². The average molecular weight is 316 g/mol. The van der Waals surface area contributed by atoms with Crippen molar-refractivity contribution in [3.8, 4) is 0 Å². The lowest BCUT2D eigenvalue weighted by Crippen LogP contribution is -2.52. The minimum absolute atomic E-state index is 0.0414. The van der Waals surface area contributed by atoms with Gasteiger partial charge in [-0.2, -0.15) is 4.72 Å². The molecular weight excluding hydrogens is 300 g/mol. The molecule has 0 fully saturated rings. The molecule has 4 N–H and O–H groups in total. The first kappa shape index (κ1) is 16.9. The second kappa shape index (κ2) is 5.66. The molecule has 116 valence electrons. The van der Waals surface area contributed by atoms with E-state index < -0.39 is 37.0 Å². The summed E-state index contributed by atoms with van der Waals surface area (Å²) < 4.78 is 26.6. The third-order valence-electron chi connectivity index (χ3n) is 2.75. The van der Waals surface area contributed by atoms with Gasteiger partial charge in [0.05, 0.1) is 4.92 Å². The smallest absolute Gasteiger partial charge is 0.312 e. The first-order valence-corrected chi connectivity index (χ1v) is 7.30. The Morgan fingerprint density at radius 1 is 1.38 bits per heavy atom. The molecule has 1 amide bonds. The number of para-hydroxylation sites is 1. The van der Waals surface area contributed by atoms with Crippen molar-refractivity contribution >= 4 is 27.3 Å². The van der Waals surface area contributed by atoms with E-state index in [9.17, 15) is 23.3 Å². The van der Waals surface area contributed by atoms with Crippen LogP contribution in [0.15, 0.2) is 23.1 Å². The molecule has 0 unspecified atom stereocenters. The molecule has 0 atom stereocenters. The van der Waals surface area contributed by atoms with Crippen LogP contribution in [0.25, 0.3) is 0 Å². The summed E-state index contributed by atoms with van der Waals surface area (Å²) in [5.41, 5.74) is 2.95. The van der Waals surface area contributed by atoms with Crippen molar-refractivity contribution in [1.29, 1.82) is 0 Å². The first-order valence-electron chi connectivity index (χ1n) is 5.82. The second-order valence-corrected chi connectivity index (χ2v) is 6.40. The van der Waals surface area contributed by atoms with Crippen molar-refractivity contribution in [2.45, 2.75) is 24.3 Å². The number of nitrogens with two attached hydrogens (primary N) is 1. The zero-order chi connectivity index (χ0) is 16.4. The van der Waals surface area contributed by atoms with Gasteiger partial charge in [0.15, 0.2) is 4.90 Å². The minimum Gasteiger partial charge on any atom is -0.383 e. The molecule has 0 spiro atoms. The van der Waals surface area contributed by atoms with Crippen molar-refractivity contribution < 1.29 is 18.1 Å². The maximum atomic E-state index is 12.3. The van der Waals surface area contributed by atoms with Gasteiger partial charge in [0, 0.05) is 7.05 Å². The third-order valence-corrected chi connectivity index (χ3v) is 4.43. The molecule has 9 nitrogen and oxygen atoms in total. The fraction of sp³-hybridized carbons (Fsp3) is 0.364. The second-order valence-electron chi connectivity index (χ2n) is 4.75. The SMILES string of the molecule is CNc1cccc(S(=O)(=O)NC(C)(C)C(N)=O)c1[N+](=O)[O-]. The van der Waals surface area contributed by atoms with E-state index in [2.05, 4.69) is 10.0 Å². The summed E-state index contributed by atoms with van der Waals surface area (Å²) in [7, 11) is -2.87. The largest absolute Gasteiger partial charge is 0.383 e. The van der Waals surface area contributed by atoms with Crippen LogP contribution in [0.3, 0.4) is 0 Å². The van der Waals surface area contributed by atoms with Crippen LogP contribution in [0.1, 0.15) is 13.8 Å². The van der Waals surface area contributed by atoms with E-state index in [4.69, 9.17) is 5.73 Å². The number of nitrogens with zero attached hydrogens (tertiary/aromatic N) is 1. The number of nitro benzene ring substituents is 1. The van der Waals surface area contributed by atoms with Crippen LogP contribution >= 0.6 is 0 Å². The Labute approximate surface area is 121 Å². The topological polar surface area (TPSA) is 144 Å². The average Bonchev–Trinajstić information content (AvgIpc) is 2.36. The van der Waals surface area contributed by atoms with Gasteiger partial charge in [-0.1, -0.05) is 6.07 Å². The molecule has 0 aliphatic rings. The first-order chi connectivity index (χ1) is 9.53. The molecule has 0 aliphatic carbocycles. The molecule has 21 heavy (non-hydrogen) atoms. The Bertz CT molecular complexity index is 684. The maximum Gasteiger partial charge on any atom is 0.312 e. The van der Waals surface area contributed by atoms with E-state index in [-0.39, 0.29) is 5.69 Å². The van der Waals surface area contributed by atoms with Gasteiger partial charge < -0.3 is 11.1 Å². The Morgan fingerprint density at radius 3 is 2.38 bits per heavy atom. The van der Waals surface area contributed by atoms with E-state index in [1.807, 2.05) is 0 Å². The summed E-state index contributed by atoms with van der Waals surface area (Å²) >= 11 is 0. The van der Waals surface area contributed by atoms with Crippen molar-refractivity contribution in [2.75, 3.05) is 12.4 Å². The predicted octanol–water partition coefficient (Wildman–Crippen LogP) is 0.179. The van der Waals surface area contributed by atoms with Crippen molar-refractivity contribution in [1.82, 2.24) is 4.72 Å². The molecular formula is C11H16N4O5S. The highest BCUT2D eigenvalue weighted by Gasteiger charge is 2.35. The Morgan fingerprint density at radius 2 is 1.95 bits per heavy atom. The highest BCUT2D eigenvalue weighted by Crippen LogP contribution is 2.32. The van der Waals surface area contributed by atoms with Crippen LogP contribution in [-0.2, 0) is 14.8 Å². The van der Waals surface area contributed by atoms with Crippen molar-refractivity contribution in [3.05, 3.63) is 28.3 Å². The standard InChI is InChI=1S/C11H16N4O5S/c1-11(2,10(12)16)14-21(19,20)8-6-4-5-7(13-3)9(8)15(17)18/h4-6,13-14H,1-3H3,(H2,12,16). The number of primary amides is 1. The molecule has 10 heteroatoms. The van der Waals surface area contributed by atoms with E-state index in [0.717, 1.165) is 6.07 Å². The fourth-order valence-corrected chi connectivity index (χ4v) is 3.15. The monoisotopic (exact) mass is 316 g/mol. The number of carbonyl (C=O) groups is 1. The zero-order valence-corrected chi connectivity index (χ0v) is 12.5. The summed E-state index contributed by atoms with van der Waals surface area (Å²) in [5.74, 6) is -0.904. The Balaban J connectivity index is 3.46. The number of hydrogen-bond acceptors (Lipinski definition) is 6. The number of carbonyl (C=O) groups excluding carboxylic acids is 1. The molecule has 0 aliphatic heterocycles. The van der Waals surface area contributed by atoms with Gasteiger partial charge in [0.2, 0.25) is 15.9 Å². The van der Waals surface area contributed by atoms with Crippen LogP contribution in [0.4, 0.5) is 11.4 Å². The van der Waals surface area contributed by atoms with Gasteiger partial charge in [-0.25, -0.2) is 8.42 Å². The summed E-state index contributed by atoms with van der Waals surface area (Å²) in [6.07, 6.45) is 0. The van der Waals surface area contributed by atoms with Crippen LogP contribution in [0.5, 0.6) is 0 Å². The van der Waals surface area contributed by atoms with Gasteiger partial charge in [0.1, 0.15) is 11.2 Å². The Kier molecular flexibility index (Phi) is 4.54. The quantitative estimate of drug-likeness (QED) is 0.504. The summed E-state index contributed by atoms with van der Waals surface area (Å²) in [6, 6.07) is 3.80. The van der Waals surface area contributed by atoms with Gasteiger partial charge in [-0.15, -0.1) is 0 Å². The number of sulfonamides is 1. The number of nitrogens with one attached hydrogen (secondary N) is 2. The van der Waals surface area contributed by atoms with Crippen molar-refractivity contribution in [2.24, 2.45) is 5.73 Å². The van der Waals surface area contributed by atoms with Crippen molar-refractivity contribution in [3.63, 3.8) is 0 Å². The summed E-state index contributed by atoms with van der Waals surface area (Å²) in [6.45, 7) is 2.53. The fourth-order valence-electron chi connectivity index (χ4n) is 1.57. The Hall–Kier alpha value is -2.20. The molecule has 0 saturated heterocycles. The van der Waals surface area contributed by atoms with Gasteiger partial charge >= 0.3 is 5.69 Å². The zero-order valence-electron chi connectivity index (χ0n) is 11.7. The predicted molar refractivity (Wildman–Crippen MR) is 76.2 cm³/mol. The molecule has 1 aromatic rings. The molecule has 0 aromatic heterocycles. The normalized spacial score (nSPS) is 12.0. The molecule has 0 heterocycles. The highest BCUT2D eigenvalue weighted by molar-refractivity contribution is 7.89. The maximum absolute atomic E-state index is 12.3. The molecule has 0 saturated carbocycles. The van der Waals surface area contributed by atoms with Crippen LogP contribution in [0, 0.1) is 10.1 Å². The third kappa shape index (κ3) is 3.47. The number of hydrogen-bond donors (Lipinski definition) is 3. The van der Waals surface area contributed by atoms with Gasteiger partial charge in [-0.05, 0) is 26.0 Å². The van der Waals surface area contributed by atoms with E-state index in [1.54, 1.807) is 0 Å². The number of anilines is 1. The number of amides is 1. The number of nitro groups is 1.